The molecule has 0 unspecified atom stereocenters. The van der Waals surface area contributed by atoms with Crippen LogP contribution in [0, 0.1) is 0 Å². The number of hydrogen-bond donors (Lipinski definition) is 0. The van der Waals surface area contributed by atoms with Gasteiger partial charge in [-0.05, 0) is 35.4 Å². The maximum absolute atomic E-state index is 5.12. The van der Waals surface area contributed by atoms with E-state index in [9.17, 15) is 0 Å². The molecule has 0 radical (unpaired) electrons. The molecule has 0 spiro atoms. The molecule has 0 amide bonds. The van der Waals surface area contributed by atoms with Gasteiger partial charge in [0.25, 0.3) is 0 Å². The average Bonchev–Trinajstić information content (AvgIpc) is 3.37. The summed E-state index contributed by atoms with van der Waals surface area (Å²) >= 11 is 0. The van der Waals surface area contributed by atoms with E-state index in [1.54, 1.807) is 0 Å². The number of hydrogen-bond acceptors (Lipinski definition) is 2. The second-order valence-corrected chi connectivity index (χ2v) is 11.0. The van der Waals surface area contributed by atoms with Gasteiger partial charge in [-0.3, -0.25) is 0 Å². The van der Waals surface area contributed by atoms with Crippen molar-refractivity contribution in [1.82, 2.24) is 14.5 Å². The van der Waals surface area contributed by atoms with E-state index in [4.69, 9.17) is 9.97 Å². The van der Waals surface area contributed by atoms with Crippen molar-refractivity contribution in [1.29, 1.82) is 0 Å². The summed E-state index contributed by atoms with van der Waals surface area (Å²) in [6.07, 6.45) is 0. The Morgan fingerprint density at radius 1 is 0.395 bits per heavy atom. The van der Waals surface area contributed by atoms with E-state index in [0.29, 0.717) is 5.82 Å². The molecule has 1 aliphatic rings. The quantitative estimate of drug-likeness (QED) is 0.220. The molecule has 200 valence electrons. The summed E-state index contributed by atoms with van der Waals surface area (Å²) in [4.78, 5) is 10.2. The molecular formula is C40H25N3. The van der Waals surface area contributed by atoms with Crippen LogP contribution in [0.15, 0.2) is 152 Å². The zero-order chi connectivity index (χ0) is 28.3. The number of nitrogens with zero attached hydrogens (tertiary/aromatic N) is 3. The Morgan fingerprint density at radius 2 is 1.02 bits per heavy atom. The van der Waals surface area contributed by atoms with Crippen LogP contribution in [0.1, 0.15) is 0 Å². The molecule has 3 heterocycles. The van der Waals surface area contributed by atoms with E-state index in [1.807, 2.05) is 12.1 Å². The van der Waals surface area contributed by atoms with Crippen molar-refractivity contribution in [3.8, 4) is 61.8 Å². The maximum Gasteiger partial charge on any atom is 0.160 e. The van der Waals surface area contributed by atoms with E-state index in [-0.39, 0.29) is 0 Å². The van der Waals surface area contributed by atoms with Crippen LogP contribution < -0.4 is 0 Å². The first-order chi connectivity index (χ1) is 21.3. The molecule has 6 aromatic carbocycles. The van der Waals surface area contributed by atoms with Crippen LogP contribution in [0.5, 0.6) is 0 Å². The topological polar surface area (TPSA) is 30.7 Å². The van der Waals surface area contributed by atoms with E-state index in [0.717, 1.165) is 28.1 Å². The molecule has 43 heavy (non-hydrogen) atoms. The van der Waals surface area contributed by atoms with Crippen LogP contribution in [0.4, 0.5) is 0 Å². The van der Waals surface area contributed by atoms with Crippen LogP contribution in [0.2, 0.25) is 0 Å². The molecule has 3 heteroatoms. The number of rotatable bonds is 3. The van der Waals surface area contributed by atoms with Gasteiger partial charge in [0, 0.05) is 38.6 Å². The van der Waals surface area contributed by atoms with Crippen LogP contribution in [0.25, 0.3) is 83.6 Å². The molecule has 0 saturated carbocycles. The predicted octanol–water partition coefficient (Wildman–Crippen LogP) is 10.2. The Hall–Kier alpha value is -5.80. The fraction of sp³-hybridized carbons (Fsp3) is 0. The lowest BCUT2D eigenvalue weighted by Crippen LogP contribution is -1.97. The van der Waals surface area contributed by atoms with Gasteiger partial charge in [0.15, 0.2) is 5.82 Å². The number of benzene rings is 6. The van der Waals surface area contributed by atoms with Crippen molar-refractivity contribution < 1.29 is 0 Å². The van der Waals surface area contributed by atoms with E-state index < -0.39 is 0 Å². The summed E-state index contributed by atoms with van der Waals surface area (Å²) in [5.74, 6) is 0.716. The molecule has 0 aliphatic carbocycles. The largest absolute Gasteiger partial charge is 0.308 e. The first kappa shape index (κ1) is 23.9. The number of para-hydroxylation sites is 3. The molecule has 0 saturated heterocycles. The van der Waals surface area contributed by atoms with Crippen molar-refractivity contribution in [3.05, 3.63) is 152 Å². The van der Waals surface area contributed by atoms with Crippen molar-refractivity contribution in [2.24, 2.45) is 0 Å². The summed E-state index contributed by atoms with van der Waals surface area (Å²) in [6.45, 7) is 0. The van der Waals surface area contributed by atoms with E-state index in [1.165, 1.54) is 49.7 Å². The summed E-state index contributed by atoms with van der Waals surface area (Å²) in [5.41, 5.74) is 13.4. The van der Waals surface area contributed by atoms with Crippen LogP contribution in [-0.4, -0.2) is 14.5 Å². The molecule has 8 aromatic rings. The lowest BCUT2D eigenvalue weighted by Gasteiger charge is -2.14. The lowest BCUT2D eigenvalue weighted by molar-refractivity contribution is 1.18. The smallest absolute Gasteiger partial charge is 0.160 e. The van der Waals surface area contributed by atoms with Crippen molar-refractivity contribution in [2.45, 2.75) is 0 Å². The van der Waals surface area contributed by atoms with E-state index >= 15 is 0 Å². The van der Waals surface area contributed by atoms with Gasteiger partial charge in [0.05, 0.1) is 28.1 Å². The highest BCUT2D eigenvalue weighted by Crippen LogP contribution is 2.47. The minimum Gasteiger partial charge on any atom is -0.308 e. The predicted molar refractivity (Wildman–Crippen MR) is 177 cm³/mol. The average molecular weight is 548 g/mol. The SMILES string of the molecule is c1ccc(-c2cc(-c3ccccc3)nc(-c3ccc4c(c3)-c3ccccc3-n3c5ccccc5c5cccc-4c53)n2)cc1. The zero-order valence-electron chi connectivity index (χ0n) is 23.3. The Labute approximate surface area is 249 Å². The fourth-order valence-corrected chi connectivity index (χ4v) is 6.61. The number of fused-ring (bicyclic) bond motifs is 8. The van der Waals surface area contributed by atoms with Gasteiger partial charge in [-0.15, -0.1) is 0 Å². The van der Waals surface area contributed by atoms with E-state index in [2.05, 4.69) is 144 Å². The van der Waals surface area contributed by atoms with Gasteiger partial charge in [0.2, 0.25) is 0 Å². The van der Waals surface area contributed by atoms with Crippen molar-refractivity contribution >= 4 is 21.8 Å². The molecular weight excluding hydrogens is 522 g/mol. The van der Waals surface area contributed by atoms with Gasteiger partial charge in [-0.2, -0.15) is 0 Å². The highest BCUT2D eigenvalue weighted by atomic mass is 15.0. The minimum absolute atomic E-state index is 0.716. The van der Waals surface area contributed by atoms with Gasteiger partial charge in [0.1, 0.15) is 0 Å². The second-order valence-electron chi connectivity index (χ2n) is 11.0. The van der Waals surface area contributed by atoms with Gasteiger partial charge >= 0.3 is 0 Å². The summed E-state index contributed by atoms with van der Waals surface area (Å²) in [5, 5.41) is 2.54. The molecule has 0 N–H and O–H groups in total. The molecule has 0 atom stereocenters. The third kappa shape index (κ3) is 3.68. The highest BCUT2D eigenvalue weighted by Gasteiger charge is 2.24. The Kier molecular flexibility index (Phi) is 5.20. The summed E-state index contributed by atoms with van der Waals surface area (Å²) in [6, 6.07) is 53.6. The van der Waals surface area contributed by atoms with Crippen molar-refractivity contribution in [3.63, 3.8) is 0 Å². The molecule has 9 rings (SSSR count). The first-order valence-electron chi connectivity index (χ1n) is 14.6. The Bertz CT molecular complexity index is 2280. The summed E-state index contributed by atoms with van der Waals surface area (Å²) < 4.78 is 2.44. The van der Waals surface area contributed by atoms with Gasteiger partial charge in [-0.25, -0.2) is 9.97 Å². The first-order valence-corrected chi connectivity index (χ1v) is 14.6. The third-order valence-corrected chi connectivity index (χ3v) is 8.56. The number of aromatic nitrogens is 3. The van der Waals surface area contributed by atoms with Crippen LogP contribution in [0.3, 0.4) is 0 Å². The molecule has 0 bridgehead atoms. The molecule has 1 aliphatic heterocycles. The lowest BCUT2D eigenvalue weighted by atomic mass is 9.92. The highest BCUT2D eigenvalue weighted by molar-refractivity contribution is 6.16. The Morgan fingerprint density at radius 3 is 1.79 bits per heavy atom. The fourth-order valence-electron chi connectivity index (χ4n) is 6.61. The van der Waals surface area contributed by atoms with Crippen LogP contribution in [-0.2, 0) is 0 Å². The standard InChI is InChI=1S/C40H25N3/c1-3-12-26(13-4-1)35-25-36(27-14-5-2-6-15-27)42-40(41-35)28-22-23-29-32-18-11-19-33-30-16-7-9-20-37(30)43(39(32)33)38-21-10-8-17-31(38)34(29)24-28/h1-25H. The van der Waals surface area contributed by atoms with Crippen LogP contribution >= 0.6 is 0 Å². The summed E-state index contributed by atoms with van der Waals surface area (Å²) in [7, 11) is 0. The minimum atomic E-state index is 0.716. The third-order valence-electron chi connectivity index (χ3n) is 8.56. The monoisotopic (exact) mass is 547 g/mol. The van der Waals surface area contributed by atoms with Gasteiger partial charge in [-0.1, -0.05) is 127 Å². The van der Waals surface area contributed by atoms with Gasteiger partial charge < -0.3 is 4.57 Å². The zero-order valence-corrected chi connectivity index (χ0v) is 23.3. The molecule has 2 aromatic heterocycles. The normalized spacial score (nSPS) is 11.7. The van der Waals surface area contributed by atoms with Crippen molar-refractivity contribution in [2.75, 3.05) is 0 Å². The second kappa shape index (κ2) is 9.37. The maximum atomic E-state index is 5.12. The Balaban J connectivity index is 1.32. The molecule has 0 fully saturated rings. The molecule has 3 nitrogen and oxygen atoms in total.